The van der Waals surface area contributed by atoms with Crippen LogP contribution < -0.4 is 4.74 Å². The molecule has 0 aromatic heterocycles. The van der Waals surface area contributed by atoms with E-state index in [1.807, 2.05) is 45.0 Å². The number of benzene rings is 1. The van der Waals surface area contributed by atoms with Crippen molar-refractivity contribution >= 4 is 5.91 Å². The molecule has 1 rings (SSSR count). The first kappa shape index (κ1) is 15.5. The first-order chi connectivity index (χ1) is 8.81. The van der Waals surface area contributed by atoms with Crippen LogP contribution >= 0.6 is 0 Å². The summed E-state index contributed by atoms with van der Waals surface area (Å²) in [5, 5.41) is 0. The third-order valence-corrected chi connectivity index (χ3v) is 2.63. The van der Waals surface area contributed by atoms with Crippen molar-refractivity contribution < 1.29 is 14.3 Å². The Morgan fingerprint density at radius 2 is 1.79 bits per heavy atom. The van der Waals surface area contributed by atoms with Crippen molar-refractivity contribution in [2.75, 3.05) is 20.8 Å². The number of hydrogen-bond donors (Lipinski definition) is 0. The van der Waals surface area contributed by atoms with E-state index in [1.165, 1.54) is 0 Å². The Kier molecular flexibility index (Phi) is 5.36. The van der Waals surface area contributed by atoms with Gasteiger partial charge in [-0.05, 0) is 38.5 Å². The van der Waals surface area contributed by atoms with E-state index in [2.05, 4.69) is 0 Å². The SMILES string of the molecule is COc1ccc(CN(C)C(=O)COC(C)(C)C)cc1. The number of carbonyl (C=O) groups excluding carboxylic acids is 1. The fourth-order valence-electron chi connectivity index (χ4n) is 1.48. The lowest BCUT2D eigenvalue weighted by atomic mass is 10.2. The molecule has 106 valence electrons. The Labute approximate surface area is 115 Å². The third-order valence-electron chi connectivity index (χ3n) is 2.63. The normalized spacial score (nSPS) is 11.2. The van der Waals surface area contributed by atoms with E-state index in [9.17, 15) is 4.79 Å². The minimum Gasteiger partial charge on any atom is -0.497 e. The zero-order valence-corrected chi connectivity index (χ0v) is 12.4. The number of methoxy groups -OCH3 is 1. The summed E-state index contributed by atoms with van der Waals surface area (Å²) >= 11 is 0. The van der Waals surface area contributed by atoms with Crippen molar-refractivity contribution in [1.82, 2.24) is 4.90 Å². The molecule has 0 bridgehead atoms. The number of nitrogens with zero attached hydrogens (tertiary/aromatic N) is 1. The summed E-state index contributed by atoms with van der Waals surface area (Å²) in [7, 11) is 3.41. The molecule has 0 aliphatic carbocycles. The van der Waals surface area contributed by atoms with E-state index in [-0.39, 0.29) is 18.1 Å². The van der Waals surface area contributed by atoms with Gasteiger partial charge in [-0.2, -0.15) is 0 Å². The monoisotopic (exact) mass is 265 g/mol. The van der Waals surface area contributed by atoms with Crippen LogP contribution in [-0.4, -0.2) is 37.2 Å². The first-order valence-corrected chi connectivity index (χ1v) is 6.32. The highest BCUT2D eigenvalue weighted by Gasteiger charge is 2.15. The lowest BCUT2D eigenvalue weighted by molar-refractivity contribution is -0.140. The Morgan fingerprint density at radius 3 is 2.26 bits per heavy atom. The predicted molar refractivity (Wildman–Crippen MR) is 75.2 cm³/mol. The van der Waals surface area contributed by atoms with Gasteiger partial charge in [0.05, 0.1) is 12.7 Å². The standard InChI is InChI=1S/C15H23NO3/c1-15(2,3)19-11-14(17)16(4)10-12-6-8-13(18-5)9-7-12/h6-9H,10-11H2,1-5H3. The number of hydrogen-bond acceptors (Lipinski definition) is 3. The highest BCUT2D eigenvalue weighted by Crippen LogP contribution is 2.13. The summed E-state index contributed by atoms with van der Waals surface area (Å²) in [6, 6.07) is 7.68. The quantitative estimate of drug-likeness (QED) is 0.821. The summed E-state index contributed by atoms with van der Waals surface area (Å²) in [5.74, 6) is 0.791. The smallest absolute Gasteiger partial charge is 0.248 e. The molecule has 1 aromatic carbocycles. The molecule has 0 aliphatic rings. The minimum absolute atomic E-state index is 0.0225. The van der Waals surface area contributed by atoms with Crippen LogP contribution in [0.2, 0.25) is 0 Å². The summed E-state index contributed by atoms with van der Waals surface area (Å²) in [6.07, 6.45) is 0. The summed E-state index contributed by atoms with van der Waals surface area (Å²) in [4.78, 5) is 13.6. The molecule has 19 heavy (non-hydrogen) atoms. The predicted octanol–water partition coefficient (Wildman–Crippen LogP) is 2.47. The second-order valence-electron chi connectivity index (χ2n) is 5.50. The lowest BCUT2D eigenvalue weighted by Crippen LogP contribution is -2.33. The van der Waals surface area contributed by atoms with Gasteiger partial charge in [-0.3, -0.25) is 4.79 Å². The highest BCUT2D eigenvalue weighted by molar-refractivity contribution is 5.77. The topological polar surface area (TPSA) is 38.8 Å². The molecule has 0 radical (unpaired) electrons. The number of likely N-dealkylation sites (N-methyl/N-ethyl adjacent to an activating group) is 1. The van der Waals surface area contributed by atoms with Gasteiger partial charge < -0.3 is 14.4 Å². The highest BCUT2D eigenvalue weighted by atomic mass is 16.5. The van der Waals surface area contributed by atoms with Gasteiger partial charge in [0, 0.05) is 13.6 Å². The van der Waals surface area contributed by atoms with Gasteiger partial charge >= 0.3 is 0 Å². The Bertz CT molecular complexity index is 406. The second kappa shape index (κ2) is 6.57. The minimum atomic E-state index is -0.295. The Morgan fingerprint density at radius 1 is 1.21 bits per heavy atom. The Hall–Kier alpha value is -1.55. The zero-order chi connectivity index (χ0) is 14.5. The van der Waals surface area contributed by atoms with Gasteiger partial charge in [-0.1, -0.05) is 12.1 Å². The van der Waals surface area contributed by atoms with Crippen LogP contribution in [0.5, 0.6) is 5.75 Å². The molecule has 0 heterocycles. The average Bonchev–Trinajstić information content (AvgIpc) is 2.36. The molecular formula is C15H23NO3. The van der Waals surface area contributed by atoms with E-state index in [4.69, 9.17) is 9.47 Å². The fraction of sp³-hybridized carbons (Fsp3) is 0.533. The van der Waals surface area contributed by atoms with Crippen LogP contribution in [0, 0.1) is 0 Å². The van der Waals surface area contributed by atoms with E-state index < -0.39 is 0 Å². The molecule has 0 N–H and O–H groups in total. The third kappa shape index (κ3) is 5.75. The molecule has 0 unspecified atom stereocenters. The van der Waals surface area contributed by atoms with Crippen molar-refractivity contribution in [3.05, 3.63) is 29.8 Å². The van der Waals surface area contributed by atoms with Crippen molar-refractivity contribution in [3.63, 3.8) is 0 Å². The molecule has 0 saturated heterocycles. The largest absolute Gasteiger partial charge is 0.497 e. The number of rotatable bonds is 5. The number of ether oxygens (including phenoxy) is 2. The van der Waals surface area contributed by atoms with Crippen LogP contribution in [-0.2, 0) is 16.1 Å². The van der Waals surface area contributed by atoms with Gasteiger partial charge in [0.2, 0.25) is 5.91 Å². The molecule has 0 fully saturated rings. The summed E-state index contributed by atoms with van der Waals surface area (Å²) in [5.41, 5.74) is 0.767. The van der Waals surface area contributed by atoms with Crippen LogP contribution in [0.4, 0.5) is 0 Å². The molecule has 0 saturated carbocycles. The van der Waals surface area contributed by atoms with Crippen LogP contribution in [0.3, 0.4) is 0 Å². The molecule has 0 spiro atoms. The van der Waals surface area contributed by atoms with Gasteiger partial charge in [0.25, 0.3) is 0 Å². The van der Waals surface area contributed by atoms with E-state index >= 15 is 0 Å². The van der Waals surface area contributed by atoms with Crippen molar-refractivity contribution in [3.8, 4) is 5.75 Å². The maximum Gasteiger partial charge on any atom is 0.248 e. The summed E-state index contributed by atoms with van der Waals surface area (Å²) < 4.78 is 10.6. The van der Waals surface area contributed by atoms with Crippen LogP contribution in [0.15, 0.2) is 24.3 Å². The second-order valence-corrected chi connectivity index (χ2v) is 5.50. The molecule has 4 heteroatoms. The van der Waals surface area contributed by atoms with Crippen molar-refractivity contribution in [2.45, 2.75) is 32.9 Å². The maximum atomic E-state index is 11.9. The van der Waals surface area contributed by atoms with E-state index in [0.717, 1.165) is 11.3 Å². The van der Waals surface area contributed by atoms with Crippen molar-refractivity contribution in [1.29, 1.82) is 0 Å². The molecule has 4 nitrogen and oxygen atoms in total. The lowest BCUT2D eigenvalue weighted by Gasteiger charge is -2.22. The molecule has 0 aliphatic heterocycles. The molecular weight excluding hydrogens is 242 g/mol. The van der Waals surface area contributed by atoms with E-state index in [1.54, 1.807) is 19.1 Å². The van der Waals surface area contributed by atoms with Gasteiger partial charge in [-0.25, -0.2) is 0 Å². The first-order valence-electron chi connectivity index (χ1n) is 6.32. The number of amides is 1. The summed E-state index contributed by atoms with van der Waals surface area (Å²) in [6.45, 7) is 6.48. The molecule has 1 amide bonds. The van der Waals surface area contributed by atoms with Gasteiger partial charge in [-0.15, -0.1) is 0 Å². The molecule has 1 aromatic rings. The van der Waals surface area contributed by atoms with Gasteiger partial charge in [0.1, 0.15) is 12.4 Å². The maximum absolute atomic E-state index is 11.9. The fourth-order valence-corrected chi connectivity index (χ4v) is 1.48. The van der Waals surface area contributed by atoms with E-state index in [0.29, 0.717) is 6.54 Å². The Balaban J connectivity index is 2.49. The van der Waals surface area contributed by atoms with Gasteiger partial charge in [0.15, 0.2) is 0 Å². The average molecular weight is 265 g/mol. The number of carbonyl (C=O) groups is 1. The van der Waals surface area contributed by atoms with Crippen LogP contribution in [0.25, 0.3) is 0 Å². The molecule has 0 atom stereocenters. The zero-order valence-electron chi connectivity index (χ0n) is 12.4. The van der Waals surface area contributed by atoms with Crippen molar-refractivity contribution in [2.24, 2.45) is 0 Å². The van der Waals surface area contributed by atoms with Crippen LogP contribution in [0.1, 0.15) is 26.3 Å².